The highest BCUT2D eigenvalue weighted by Crippen LogP contribution is 2.24. The first kappa shape index (κ1) is 10.9. The average Bonchev–Trinajstić information content (AvgIpc) is 2.31. The molecule has 3 heteroatoms. The van der Waals surface area contributed by atoms with Crippen LogP contribution in [0.25, 0.3) is 0 Å². The first-order valence-electron chi connectivity index (χ1n) is 6.31. The molecule has 0 bridgehead atoms. The lowest BCUT2D eigenvalue weighted by Gasteiger charge is -2.32. The third-order valence-electron chi connectivity index (χ3n) is 3.62. The molecule has 0 aromatic heterocycles. The number of aliphatic imine (C=N–C) groups is 1. The molecule has 86 valence electrons. The molecule has 0 aromatic rings. The van der Waals surface area contributed by atoms with Crippen LogP contribution in [-0.4, -0.2) is 30.1 Å². The van der Waals surface area contributed by atoms with E-state index in [4.69, 9.17) is 0 Å². The third-order valence-corrected chi connectivity index (χ3v) is 3.62. The first-order chi connectivity index (χ1) is 7.40. The molecular weight excluding hydrogens is 188 g/mol. The third kappa shape index (κ3) is 2.94. The molecule has 1 heterocycles. The summed E-state index contributed by atoms with van der Waals surface area (Å²) in [5.74, 6) is 1.63. The molecule has 1 aliphatic carbocycles. The quantitative estimate of drug-likeness (QED) is 0.728. The summed E-state index contributed by atoms with van der Waals surface area (Å²) >= 11 is 0. The van der Waals surface area contributed by atoms with E-state index in [-0.39, 0.29) is 0 Å². The summed E-state index contributed by atoms with van der Waals surface area (Å²) < 4.78 is 0. The maximum atomic E-state index is 9.31. The molecule has 1 saturated carbocycles. The zero-order chi connectivity index (χ0) is 10.5. The highest BCUT2D eigenvalue weighted by molar-refractivity contribution is 5.82. The van der Waals surface area contributed by atoms with Crippen molar-refractivity contribution in [2.45, 2.75) is 51.0 Å². The Bertz CT molecular complexity index is 228. The van der Waals surface area contributed by atoms with E-state index in [1.54, 1.807) is 0 Å². The van der Waals surface area contributed by atoms with Crippen LogP contribution in [0.15, 0.2) is 4.99 Å². The normalized spacial score (nSPS) is 32.2. The second kappa shape index (κ2) is 5.50. The van der Waals surface area contributed by atoms with Gasteiger partial charge in [-0.15, -0.1) is 0 Å². The molecule has 2 atom stereocenters. The van der Waals surface area contributed by atoms with Crippen molar-refractivity contribution in [3.63, 3.8) is 0 Å². The molecule has 0 aromatic carbocycles. The lowest BCUT2D eigenvalue weighted by Crippen LogP contribution is -2.44. The summed E-state index contributed by atoms with van der Waals surface area (Å²) in [5.41, 5.74) is 0. The summed E-state index contributed by atoms with van der Waals surface area (Å²) in [7, 11) is 0. The molecule has 0 amide bonds. The summed E-state index contributed by atoms with van der Waals surface area (Å²) in [6.45, 7) is 1.31. The van der Waals surface area contributed by atoms with Crippen LogP contribution in [0.4, 0.5) is 0 Å². The highest BCUT2D eigenvalue weighted by Gasteiger charge is 2.25. The molecule has 0 saturated heterocycles. The number of hydrogen-bond donors (Lipinski definition) is 2. The predicted octanol–water partition coefficient (Wildman–Crippen LogP) is 1.71. The number of aliphatic hydroxyl groups is 1. The van der Waals surface area contributed by atoms with Gasteiger partial charge in [0, 0.05) is 31.5 Å². The number of hydrogen-bond acceptors (Lipinski definition) is 3. The molecular formula is C12H22N2O. The van der Waals surface area contributed by atoms with Gasteiger partial charge >= 0.3 is 0 Å². The van der Waals surface area contributed by atoms with E-state index in [0.717, 1.165) is 13.0 Å². The second-order valence-corrected chi connectivity index (χ2v) is 4.76. The van der Waals surface area contributed by atoms with Gasteiger partial charge in [-0.1, -0.05) is 12.8 Å². The molecule has 2 aliphatic rings. The molecule has 3 nitrogen and oxygen atoms in total. The van der Waals surface area contributed by atoms with Crippen molar-refractivity contribution < 1.29 is 5.11 Å². The summed E-state index contributed by atoms with van der Waals surface area (Å²) in [4.78, 5) is 4.52. The zero-order valence-corrected chi connectivity index (χ0v) is 9.41. The van der Waals surface area contributed by atoms with Gasteiger partial charge in [0.15, 0.2) is 0 Å². The topological polar surface area (TPSA) is 44.6 Å². The van der Waals surface area contributed by atoms with Crippen molar-refractivity contribution in [1.82, 2.24) is 5.32 Å². The van der Waals surface area contributed by atoms with Gasteiger partial charge in [0.2, 0.25) is 0 Å². The minimum absolute atomic E-state index is 0.324. The van der Waals surface area contributed by atoms with Gasteiger partial charge in [0.25, 0.3) is 0 Å². The maximum Gasteiger partial charge on any atom is 0.0965 e. The van der Waals surface area contributed by atoms with Crippen LogP contribution in [-0.2, 0) is 0 Å². The second-order valence-electron chi connectivity index (χ2n) is 4.76. The Kier molecular flexibility index (Phi) is 4.01. The van der Waals surface area contributed by atoms with Gasteiger partial charge < -0.3 is 10.4 Å². The fourth-order valence-corrected chi connectivity index (χ4v) is 2.65. The van der Waals surface area contributed by atoms with Crippen molar-refractivity contribution in [1.29, 1.82) is 0 Å². The highest BCUT2D eigenvalue weighted by atomic mass is 16.3. The molecule has 0 spiro atoms. The van der Waals surface area contributed by atoms with Gasteiger partial charge in [0.05, 0.1) is 5.84 Å². The summed E-state index contributed by atoms with van der Waals surface area (Å²) in [5, 5.41) is 12.9. The smallest absolute Gasteiger partial charge is 0.0965 e. The molecule has 1 aliphatic heterocycles. The summed E-state index contributed by atoms with van der Waals surface area (Å²) in [6, 6.07) is 0.473. The minimum atomic E-state index is 0.324. The lowest BCUT2D eigenvalue weighted by molar-refractivity contribution is 0.162. The first-order valence-corrected chi connectivity index (χ1v) is 6.31. The monoisotopic (exact) mass is 210 g/mol. The molecule has 1 fully saturated rings. The Labute approximate surface area is 92.0 Å². The lowest BCUT2D eigenvalue weighted by atomic mass is 9.85. The fraction of sp³-hybridized carbons (Fsp3) is 0.917. The van der Waals surface area contributed by atoms with Crippen molar-refractivity contribution >= 4 is 5.84 Å². The van der Waals surface area contributed by atoms with E-state index in [0.29, 0.717) is 18.6 Å². The van der Waals surface area contributed by atoms with Gasteiger partial charge in [-0.3, -0.25) is 4.99 Å². The van der Waals surface area contributed by atoms with Crippen LogP contribution < -0.4 is 5.32 Å². The molecule has 2 unspecified atom stereocenters. The van der Waals surface area contributed by atoms with Crippen LogP contribution in [0.3, 0.4) is 0 Å². The van der Waals surface area contributed by atoms with Crippen LogP contribution >= 0.6 is 0 Å². The van der Waals surface area contributed by atoms with Crippen LogP contribution in [0, 0.1) is 5.92 Å². The molecule has 2 rings (SSSR count). The van der Waals surface area contributed by atoms with Crippen molar-refractivity contribution in [3.8, 4) is 0 Å². The van der Waals surface area contributed by atoms with Crippen LogP contribution in [0.2, 0.25) is 0 Å². The van der Waals surface area contributed by atoms with Crippen LogP contribution in [0.5, 0.6) is 0 Å². The van der Waals surface area contributed by atoms with Crippen molar-refractivity contribution in [2.75, 3.05) is 13.2 Å². The maximum absolute atomic E-state index is 9.31. The van der Waals surface area contributed by atoms with E-state index in [2.05, 4.69) is 10.3 Å². The Morgan fingerprint density at radius 2 is 2.07 bits per heavy atom. The molecule has 15 heavy (non-hydrogen) atoms. The van der Waals surface area contributed by atoms with Gasteiger partial charge in [-0.25, -0.2) is 0 Å². The standard InChI is InChI=1S/C12H22N2O/c15-9-10-5-1-2-6-11(10)14-12-7-3-4-8-13-12/h10-11,15H,1-9H2,(H,13,14). The zero-order valence-electron chi connectivity index (χ0n) is 9.41. The van der Waals surface area contributed by atoms with E-state index in [1.165, 1.54) is 44.4 Å². The predicted molar refractivity (Wildman–Crippen MR) is 62.1 cm³/mol. The molecule has 0 radical (unpaired) electrons. The fourth-order valence-electron chi connectivity index (χ4n) is 2.65. The Balaban J connectivity index is 1.88. The number of nitrogens with zero attached hydrogens (tertiary/aromatic N) is 1. The van der Waals surface area contributed by atoms with Crippen molar-refractivity contribution in [3.05, 3.63) is 0 Å². The van der Waals surface area contributed by atoms with Crippen molar-refractivity contribution in [2.24, 2.45) is 10.9 Å². The minimum Gasteiger partial charge on any atom is -0.396 e. The molecule has 2 N–H and O–H groups in total. The number of amidine groups is 1. The number of aliphatic hydroxyl groups excluding tert-OH is 1. The van der Waals surface area contributed by atoms with Crippen LogP contribution in [0.1, 0.15) is 44.9 Å². The van der Waals surface area contributed by atoms with Gasteiger partial charge in [0.1, 0.15) is 0 Å². The number of nitrogens with one attached hydrogen (secondary N) is 1. The van der Waals surface area contributed by atoms with E-state index in [1.807, 2.05) is 0 Å². The van der Waals surface area contributed by atoms with E-state index >= 15 is 0 Å². The number of rotatable bonds is 2. The van der Waals surface area contributed by atoms with Gasteiger partial charge in [-0.2, -0.15) is 0 Å². The van der Waals surface area contributed by atoms with E-state index < -0.39 is 0 Å². The van der Waals surface area contributed by atoms with E-state index in [9.17, 15) is 5.11 Å². The Morgan fingerprint density at radius 1 is 1.20 bits per heavy atom. The Morgan fingerprint density at radius 3 is 2.80 bits per heavy atom. The SMILES string of the molecule is OCC1CCCCC1NC1=NCCCC1. The largest absolute Gasteiger partial charge is 0.396 e. The summed E-state index contributed by atoms with van der Waals surface area (Å²) in [6.07, 6.45) is 8.54. The van der Waals surface area contributed by atoms with Gasteiger partial charge in [-0.05, 0) is 25.7 Å². The Hall–Kier alpha value is -0.570. The average molecular weight is 210 g/mol.